The fourth-order valence-electron chi connectivity index (χ4n) is 2.72. The van der Waals surface area contributed by atoms with Crippen molar-refractivity contribution >= 4 is 46.6 Å². The van der Waals surface area contributed by atoms with Crippen LogP contribution >= 0.6 is 34.8 Å². The zero-order valence-electron chi connectivity index (χ0n) is 13.1. The summed E-state index contributed by atoms with van der Waals surface area (Å²) in [6.45, 7) is 1.68. The Balaban J connectivity index is 2.09. The lowest BCUT2D eigenvalue weighted by atomic mass is 9.89. The number of amides is 2. The molecular weight excluding hydrogens is 383 g/mol. The predicted octanol–water partition coefficient (Wildman–Crippen LogP) is 5.16. The number of hydrogen-bond donors (Lipinski definition) is 2. The van der Waals surface area contributed by atoms with Crippen molar-refractivity contribution in [1.29, 1.82) is 0 Å². The molecular formula is C18H13Cl3N2O2. The van der Waals surface area contributed by atoms with Crippen molar-refractivity contribution in [3.8, 4) is 0 Å². The molecule has 1 heterocycles. The van der Waals surface area contributed by atoms with Crippen molar-refractivity contribution in [2.24, 2.45) is 0 Å². The first-order valence-corrected chi connectivity index (χ1v) is 8.53. The Morgan fingerprint density at radius 3 is 2.28 bits per heavy atom. The molecule has 4 nitrogen and oxygen atoms in total. The molecule has 25 heavy (non-hydrogen) atoms. The van der Waals surface area contributed by atoms with Crippen molar-refractivity contribution in [3.05, 3.63) is 79.9 Å². The summed E-state index contributed by atoms with van der Waals surface area (Å²) in [6, 6.07) is 10.4. The second kappa shape index (κ2) is 7.08. The van der Waals surface area contributed by atoms with Crippen molar-refractivity contribution in [3.63, 3.8) is 0 Å². The number of hydrogen-bond acceptors (Lipinski definition) is 2. The molecule has 2 N–H and O–H groups in total. The Bertz CT molecular complexity index is 892. The molecule has 0 spiro atoms. The van der Waals surface area contributed by atoms with Crippen LogP contribution in [0.4, 0.5) is 4.79 Å². The van der Waals surface area contributed by atoms with E-state index in [4.69, 9.17) is 34.8 Å². The molecule has 0 aromatic heterocycles. The van der Waals surface area contributed by atoms with Crippen LogP contribution in [0.25, 0.3) is 0 Å². The maximum Gasteiger partial charge on any atom is 0.319 e. The zero-order chi connectivity index (χ0) is 18.1. The van der Waals surface area contributed by atoms with E-state index in [9.17, 15) is 9.59 Å². The molecule has 2 aromatic carbocycles. The molecule has 0 aliphatic carbocycles. The third-order valence-corrected chi connectivity index (χ3v) is 4.71. The molecule has 0 fully saturated rings. The number of ketones is 1. The summed E-state index contributed by atoms with van der Waals surface area (Å²) in [5.41, 5.74) is 1.94. The summed E-state index contributed by atoms with van der Waals surface area (Å²) in [5, 5.41) is 6.77. The van der Waals surface area contributed by atoms with Gasteiger partial charge < -0.3 is 10.6 Å². The SMILES string of the molecule is CC1=C(C(=O)c2ccc(Cl)cc2)C(c2ccc(Cl)cc2Cl)NC(=O)N1. The monoisotopic (exact) mass is 394 g/mol. The fourth-order valence-corrected chi connectivity index (χ4v) is 3.36. The average Bonchev–Trinajstić information content (AvgIpc) is 2.54. The Hall–Kier alpha value is -2.01. The normalized spacial score (nSPS) is 17.1. The topological polar surface area (TPSA) is 58.2 Å². The average molecular weight is 396 g/mol. The highest BCUT2D eigenvalue weighted by molar-refractivity contribution is 6.35. The number of carbonyl (C=O) groups excluding carboxylic acids is 2. The number of benzene rings is 2. The second-order valence-corrected chi connectivity index (χ2v) is 6.85. The van der Waals surface area contributed by atoms with Gasteiger partial charge in [-0.05, 0) is 48.9 Å². The quantitative estimate of drug-likeness (QED) is 0.705. The number of rotatable bonds is 3. The zero-order valence-corrected chi connectivity index (χ0v) is 15.3. The highest BCUT2D eigenvalue weighted by atomic mass is 35.5. The lowest BCUT2D eigenvalue weighted by Crippen LogP contribution is -2.45. The van der Waals surface area contributed by atoms with Crippen LogP contribution in [-0.4, -0.2) is 11.8 Å². The summed E-state index contributed by atoms with van der Waals surface area (Å²) >= 11 is 18.1. The molecule has 1 atom stereocenters. The first-order chi connectivity index (χ1) is 11.9. The Labute approximate surface area is 159 Å². The lowest BCUT2D eigenvalue weighted by Gasteiger charge is -2.29. The lowest BCUT2D eigenvalue weighted by molar-refractivity contribution is 0.102. The summed E-state index contributed by atoms with van der Waals surface area (Å²) in [4.78, 5) is 25.0. The molecule has 2 amide bonds. The summed E-state index contributed by atoms with van der Waals surface area (Å²) in [7, 11) is 0. The summed E-state index contributed by atoms with van der Waals surface area (Å²) in [6.07, 6.45) is 0. The first-order valence-electron chi connectivity index (χ1n) is 7.40. The van der Waals surface area contributed by atoms with Gasteiger partial charge in [0.25, 0.3) is 0 Å². The highest BCUT2D eigenvalue weighted by Gasteiger charge is 2.32. The molecule has 3 rings (SSSR count). The minimum atomic E-state index is -0.679. The van der Waals surface area contributed by atoms with Crippen LogP contribution in [0.1, 0.15) is 28.9 Å². The third kappa shape index (κ3) is 3.66. The van der Waals surface area contributed by atoms with Crippen LogP contribution < -0.4 is 10.6 Å². The van der Waals surface area contributed by atoms with E-state index in [1.165, 1.54) is 0 Å². The van der Waals surface area contributed by atoms with Gasteiger partial charge in [-0.15, -0.1) is 0 Å². The number of Topliss-reactive ketones (excluding diaryl/α,β-unsaturated/α-hetero) is 1. The van der Waals surface area contributed by atoms with Crippen LogP contribution in [0.2, 0.25) is 15.1 Å². The van der Waals surface area contributed by atoms with Crippen LogP contribution in [0, 0.1) is 0 Å². The highest BCUT2D eigenvalue weighted by Crippen LogP contribution is 2.34. The van der Waals surface area contributed by atoms with Crippen molar-refractivity contribution in [2.45, 2.75) is 13.0 Å². The van der Waals surface area contributed by atoms with Gasteiger partial charge in [0.15, 0.2) is 5.78 Å². The predicted molar refractivity (Wildman–Crippen MR) is 99.4 cm³/mol. The van der Waals surface area contributed by atoms with E-state index in [2.05, 4.69) is 10.6 Å². The van der Waals surface area contributed by atoms with Gasteiger partial charge >= 0.3 is 6.03 Å². The number of carbonyl (C=O) groups is 2. The van der Waals surface area contributed by atoms with E-state index in [0.29, 0.717) is 37.5 Å². The van der Waals surface area contributed by atoms with E-state index in [-0.39, 0.29) is 5.78 Å². The molecule has 0 bridgehead atoms. The summed E-state index contributed by atoms with van der Waals surface area (Å²) < 4.78 is 0. The maximum atomic E-state index is 13.0. The first kappa shape index (κ1) is 17.8. The van der Waals surface area contributed by atoms with E-state index < -0.39 is 12.1 Å². The Morgan fingerprint density at radius 2 is 1.64 bits per heavy atom. The molecule has 1 aliphatic rings. The number of allylic oxidation sites excluding steroid dienone is 1. The number of halogens is 3. The summed E-state index contributed by atoms with van der Waals surface area (Å²) in [5.74, 6) is -0.224. The van der Waals surface area contributed by atoms with E-state index in [1.54, 1.807) is 49.4 Å². The van der Waals surface area contributed by atoms with Gasteiger partial charge in [0.1, 0.15) is 0 Å². The maximum absolute atomic E-state index is 13.0. The fraction of sp³-hybridized carbons (Fsp3) is 0.111. The van der Waals surface area contributed by atoms with Gasteiger partial charge in [-0.3, -0.25) is 4.79 Å². The largest absolute Gasteiger partial charge is 0.327 e. The Morgan fingerprint density at radius 1 is 1.00 bits per heavy atom. The molecule has 1 aliphatic heterocycles. The van der Waals surface area contributed by atoms with Crippen LogP contribution in [0.3, 0.4) is 0 Å². The van der Waals surface area contributed by atoms with E-state index in [1.807, 2.05) is 0 Å². The molecule has 128 valence electrons. The third-order valence-electron chi connectivity index (χ3n) is 3.89. The van der Waals surface area contributed by atoms with E-state index >= 15 is 0 Å². The van der Waals surface area contributed by atoms with Crippen molar-refractivity contribution in [1.82, 2.24) is 10.6 Å². The van der Waals surface area contributed by atoms with E-state index in [0.717, 1.165) is 0 Å². The molecule has 1 unspecified atom stereocenters. The van der Waals surface area contributed by atoms with Crippen LogP contribution in [-0.2, 0) is 0 Å². The van der Waals surface area contributed by atoms with Gasteiger partial charge in [-0.25, -0.2) is 4.79 Å². The van der Waals surface area contributed by atoms with Crippen LogP contribution in [0.5, 0.6) is 0 Å². The molecule has 2 aromatic rings. The number of nitrogens with one attached hydrogen (secondary N) is 2. The Kier molecular flexibility index (Phi) is 5.04. The minimum Gasteiger partial charge on any atom is -0.327 e. The van der Waals surface area contributed by atoms with Gasteiger partial charge in [0.2, 0.25) is 0 Å². The second-order valence-electron chi connectivity index (χ2n) is 5.57. The smallest absolute Gasteiger partial charge is 0.319 e. The molecule has 0 radical (unpaired) electrons. The molecule has 0 saturated carbocycles. The minimum absolute atomic E-state index is 0.224. The molecule has 0 saturated heterocycles. The molecule has 7 heteroatoms. The number of urea groups is 1. The standard InChI is InChI=1S/C18H13Cl3N2O2/c1-9-15(17(24)10-2-4-11(19)5-3-10)16(23-18(25)22-9)13-7-6-12(20)8-14(13)21/h2-8,16H,1H3,(H2,22,23,25). The van der Waals surface area contributed by atoms with Crippen molar-refractivity contribution < 1.29 is 9.59 Å². The van der Waals surface area contributed by atoms with Gasteiger partial charge in [0.05, 0.1) is 6.04 Å². The van der Waals surface area contributed by atoms with Crippen LogP contribution in [0.15, 0.2) is 53.7 Å². The van der Waals surface area contributed by atoms with Gasteiger partial charge in [0, 0.05) is 31.9 Å². The van der Waals surface area contributed by atoms with Crippen molar-refractivity contribution in [2.75, 3.05) is 0 Å². The van der Waals surface area contributed by atoms with Gasteiger partial charge in [-0.1, -0.05) is 40.9 Å². The van der Waals surface area contributed by atoms with Gasteiger partial charge in [-0.2, -0.15) is 0 Å².